The summed E-state index contributed by atoms with van der Waals surface area (Å²) in [6, 6.07) is 4.30. The Kier molecular flexibility index (Phi) is 3.79. The number of nitrogens with zero attached hydrogens (tertiary/aromatic N) is 3. The van der Waals surface area contributed by atoms with E-state index in [0.717, 1.165) is 35.8 Å². The SMILES string of the molecule is Oc1c([C@H](c2cccs2)[NH+]2CCC3(CC2)OCCO3)sc2ncnn12. The third-order valence-electron chi connectivity index (χ3n) is 5.10. The first-order valence-corrected chi connectivity index (χ1v) is 10.1. The van der Waals surface area contributed by atoms with Crippen molar-refractivity contribution in [3.8, 4) is 5.88 Å². The number of thiophene rings is 1. The van der Waals surface area contributed by atoms with Gasteiger partial charge in [-0.2, -0.15) is 9.61 Å². The molecule has 132 valence electrons. The molecule has 25 heavy (non-hydrogen) atoms. The number of quaternary nitrogens is 1. The van der Waals surface area contributed by atoms with Crippen molar-refractivity contribution in [3.05, 3.63) is 33.6 Å². The molecule has 0 radical (unpaired) electrons. The van der Waals surface area contributed by atoms with Crippen molar-refractivity contribution in [2.75, 3.05) is 26.3 Å². The van der Waals surface area contributed by atoms with Crippen LogP contribution in [0.15, 0.2) is 23.8 Å². The molecule has 5 rings (SSSR count). The van der Waals surface area contributed by atoms with E-state index in [0.29, 0.717) is 13.2 Å². The number of aromatic nitrogens is 3. The summed E-state index contributed by atoms with van der Waals surface area (Å²) in [4.78, 5) is 8.56. The number of piperidine rings is 1. The normalized spacial score (nSPS) is 22.1. The number of rotatable bonds is 3. The summed E-state index contributed by atoms with van der Waals surface area (Å²) < 4.78 is 13.2. The van der Waals surface area contributed by atoms with Crippen LogP contribution in [0.2, 0.25) is 0 Å². The largest absolute Gasteiger partial charge is 0.492 e. The van der Waals surface area contributed by atoms with Crippen LogP contribution in [0.5, 0.6) is 5.88 Å². The number of nitrogens with one attached hydrogen (secondary N) is 1. The van der Waals surface area contributed by atoms with Crippen LogP contribution in [-0.2, 0) is 9.47 Å². The first-order chi connectivity index (χ1) is 12.3. The molecular formula is C16H19N4O3S2+. The maximum atomic E-state index is 10.7. The average molecular weight is 379 g/mol. The van der Waals surface area contributed by atoms with Crippen LogP contribution in [0.4, 0.5) is 0 Å². The quantitative estimate of drug-likeness (QED) is 0.712. The molecule has 2 N–H and O–H groups in total. The highest BCUT2D eigenvalue weighted by Gasteiger charge is 2.45. The fraction of sp³-hybridized carbons (Fsp3) is 0.500. The molecule has 0 bridgehead atoms. The lowest BCUT2D eigenvalue weighted by molar-refractivity contribution is -0.933. The average Bonchev–Trinajstić information content (AvgIpc) is 3.39. The minimum atomic E-state index is -0.378. The minimum absolute atomic E-state index is 0.0900. The zero-order chi connectivity index (χ0) is 16.9. The number of aromatic hydroxyl groups is 1. The molecule has 2 aliphatic rings. The Morgan fingerprint density at radius 3 is 2.76 bits per heavy atom. The predicted molar refractivity (Wildman–Crippen MR) is 93.3 cm³/mol. The van der Waals surface area contributed by atoms with Gasteiger partial charge >= 0.3 is 0 Å². The highest BCUT2D eigenvalue weighted by Crippen LogP contribution is 2.37. The van der Waals surface area contributed by atoms with E-state index >= 15 is 0 Å². The van der Waals surface area contributed by atoms with E-state index in [-0.39, 0.29) is 17.7 Å². The Bertz CT molecular complexity index is 859. The van der Waals surface area contributed by atoms with Crippen LogP contribution >= 0.6 is 22.7 Å². The van der Waals surface area contributed by atoms with Crippen molar-refractivity contribution in [2.45, 2.75) is 24.7 Å². The topological polar surface area (TPSA) is 73.3 Å². The smallest absolute Gasteiger partial charge is 0.235 e. The summed E-state index contributed by atoms with van der Waals surface area (Å²) in [5.74, 6) is -0.172. The maximum absolute atomic E-state index is 10.7. The second-order valence-electron chi connectivity index (χ2n) is 6.46. The highest BCUT2D eigenvalue weighted by molar-refractivity contribution is 7.17. The molecular weight excluding hydrogens is 360 g/mol. The number of fused-ring (bicyclic) bond motifs is 1. The van der Waals surface area contributed by atoms with E-state index in [1.807, 2.05) is 0 Å². The molecule has 3 aromatic rings. The summed E-state index contributed by atoms with van der Waals surface area (Å²) in [5, 5.41) is 16.9. The van der Waals surface area contributed by atoms with Gasteiger partial charge < -0.3 is 19.5 Å². The molecule has 1 spiro atoms. The zero-order valence-corrected chi connectivity index (χ0v) is 15.2. The molecule has 2 fully saturated rings. The summed E-state index contributed by atoms with van der Waals surface area (Å²) in [6.07, 6.45) is 3.24. The van der Waals surface area contributed by atoms with Gasteiger partial charge in [0.2, 0.25) is 10.8 Å². The maximum Gasteiger partial charge on any atom is 0.235 e. The molecule has 9 heteroatoms. The van der Waals surface area contributed by atoms with Gasteiger partial charge in [-0.25, -0.2) is 4.98 Å². The molecule has 7 nitrogen and oxygen atoms in total. The number of likely N-dealkylation sites (tertiary alicyclic amines) is 1. The molecule has 3 aromatic heterocycles. The number of ether oxygens (including phenoxy) is 2. The van der Waals surface area contributed by atoms with Gasteiger partial charge in [0.1, 0.15) is 11.2 Å². The van der Waals surface area contributed by atoms with E-state index in [9.17, 15) is 5.11 Å². The van der Waals surface area contributed by atoms with Gasteiger partial charge in [0, 0.05) is 0 Å². The molecule has 0 amide bonds. The van der Waals surface area contributed by atoms with E-state index in [1.54, 1.807) is 11.3 Å². The van der Waals surface area contributed by atoms with E-state index in [1.165, 1.54) is 32.0 Å². The van der Waals surface area contributed by atoms with E-state index in [2.05, 4.69) is 27.6 Å². The molecule has 1 atom stereocenters. The predicted octanol–water partition coefficient (Wildman–Crippen LogP) is 1.07. The van der Waals surface area contributed by atoms with Gasteiger partial charge in [0.25, 0.3) is 0 Å². The minimum Gasteiger partial charge on any atom is -0.492 e. The number of hydrogen-bond acceptors (Lipinski definition) is 7. The van der Waals surface area contributed by atoms with Crippen molar-refractivity contribution >= 4 is 27.6 Å². The molecule has 0 aliphatic carbocycles. The summed E-state index contributed by atoms with van der Waals surface area (Å²) in [6.45, 7) is 3.27. The van der Waals surface area contributed by atoms with Crippen molar-refractivity contribution < 1.29 is 19.5 Å². The first-order valence-electron chi connectivity index (χ1n) is 8.43. The van der Waals surface area contributed by atoms with Crippen molar-refractivity contribution in [1.29, 1.82) is 0 Å². The van der Waals surface area contributed by atoms with Crippen molar-refractivity contribution in [2.24, 2.45) is 0 Å². The van der Waals surface area contributed by atoms with Crippen molar-refractivity contribution in [1.82, 2.24) is 14.6 Å². The number of thiazole rings is 1. The van der Waals surface area contributed by atoms with Gasteiger partial charge in [-0.1, -0.05) is 17.4 Å². The Balaban J connectivity index is 1.49. The van der Waals surface area contributed by atoms with Gasteiger partial charge in [0.05, 0.1) is 44.0 Å². The van der Waals surface area contributed by atoms with E-state index in [4.69, 9.17) is 9.47 Å². The van der Waals surface area contributed by atoms with E-state index < -0.39 is 0 Å². The second kappa shape index (κ2) is 6.03. The lowest BCUT2D eigenvalue weighted by Crippen LogP contribution is -3.14. The van der Waals surface area contributed by atoms with Gasteiger partial charge in [-0.05, 0) is 11.4 Å². The summed E-state index contributed by atoms with van der Waals surface area (Å²) >= 11 is 3.24. The Labute approximate surface area is 152 Å². The van der Waals surface area contributed by atoms with Crippen LogP contribution in [0.3, 0.4) is 0 Å². The van der Waals surface area contributed by atoms with Crippen LogP contribution in [0.1, 0.15) is 28.6 Å². The molecule has 5 heterocycles. The summed E-state index contributed by atoms with van der Waals surface area (Å²) in [7, 11) is 0. The molecule has 2 saturated heterocycles. The second-order valence-corrected chi connectivity index (χ2v) is 8.45. The standard InChI is InChI=1S/C16H18N4O3S2/c21-14-13(25-15-17-10-18-20(14)15)12(11-2-1-9-24-11)19-5-3-16(4-6-19)22-7-8-23-16/h1-2,9-10,12,21H,3-8H2/p+1/t12-/m0/s1. The van der Waals surface area contributed by atoms with Crippen LogP contribution in [-0.4, -0.2) is 51.8 Å². The fourth-order valence-corrected chi connectivity index (χ4v) is 5.95. The van der Waals surface area contributed by atoms with Crippen LogP contribution in [0, 0.1) is 0 Å². The number of hydrogen-bond donors (Lipinski definition) is 2. The van der Waals surface area contributed by atoms with Gasteiger partial charge in [-0.3, -0.25) is 0 Å². The zero-order valence-electron chi connectivity index (χ0n) is 13.6. The first kappa shape index (κ1) is 15.7. The monoisotopic (exact) mass is 379 g/mol. The molecule has 2 aliphatic heterocycles. The van der Waals surface area contributed by atoms with Crippen molar-refractivity contribution in [3.63, 3.8) is 0 Å². The lowest BCUT2D eigenvalue weighted by atomic mass is 10.0. The Morgan fingerprint density at radius 1 is 1.28 bits per heavy atom. The lowest BCUT2D eigenvalue weighted by Gasteiger charge is -2.38. The third kappa shape index (κ3) is 2.58. The van der Waals surface area contributed by atoms with Crippen LogP contribution < -0.4 is 4.90 Å². The fourth-order valence-electron chi connectivity index (χ4n) is 3.88. The van der Waals surface area contributed by atoms with Crippen LogP contribution in [0.25, 0.3) is 4.96 Å². The summed E-state index contributed by atoms with van der Waals surface area (Å²) in [5.41, 5.74) is 0. The third-order valence-corrected chi connectivity index (χ3v) is 7.14. The highest BCUT2D eigenvalue weighted by atomic mass is 32.1. The molecule has 0 unspecified atom stereocenters. The Morgan fingerprint density at radius 2 is 2.08 bits per heavy atom. The molecule has 0 saturated carbocycles. The van der Waals surface area contributed by atoms with Gasteiger partial charge in [-0.15, -0.1) is 11.3 Å². The Hall–Kier alpha value is -1.52. The molecule has 0 aromatic carbocycles. The van der Waals surface area contributed by atoms with Gasteiger partial charge in [0.15, 0.2) is 11.8 Å².